The highest BCUT2D eigenvalue weighted by molar-refractivity contribution is 9.10. The number of aryl methyl sites for hydroxylation is 1. The van der Waals surface area contributed by atoms with Gasteiger partial charge in [0, 0.05) is 34.5 Å². The molecule has 0 spiro atoms. The van der Waals surface area contributed by atoms with Crippen LogP contribution in [0.15, 0.2) is 28.7 Å². The van der Waals surface area contributed by atoms with E-state index in [1.807, 2.05) is 33.0 Å². The molecule has 2 rings (SSSR count). The number of hydrogen-bond donors (Lipinski definition) is 1. The lowest BCUT2D eigenvalue weighted by Crippen LogP contribution is -2.23. The molecule has 0 atom stereocenters. The summed E-state index contributed by atoms with van der Waals surface area (Å²) >= 11 is 3.62. The SMILES string of the molecule is Cn1c(CC(C)(C)O)c(Br)c2ccccc21. The van der Waals surface area contributed by atoms with Gasteiger partial charge in [0.1, 0.15) is 0 Å². The van der Waals surface area contributed by atoms with Crippen LogP contribution < -0.4 is 0 Å². The summed E-state index contributed by atoms with van der Waals surface area (Å²) in [6.45, 7) is 3.66. The summed E-state index contributed by atoms with van der Waals surface area (Å²) in [5.41, 5.74) is 1.63. The summed E-state index contributed by atoms with van der Waals surface area (Å²) < 4.78 is 3.23. The maximum absolute atomic E-state index is 9.91. The van der Waals surface area contributed by atoms with Crippen LogP contribution in [-0.4, -0.2) is 15.3 Å². The minimum atomic E-state index is -0.690. The van der Waals surface area contributed by atoms with Gasteiger partial charge < -0.3 is 9.67 Å². The van der Waals surface area contributed by atoms with Gasteiger partial charge in [0.2, 0.25) is 0 Å². The lowest BCUT2D eigenvalue weighted by atomic mass is 10.0. The van der Waals surface area contributed by atoms with Crippen LogP contribution in [-0.2, 0) is 13.5 Å². The maximum atomic E-state index is 9.91. The zero-order valence-corrected chi connectivity index (χ0v) is 11.4. The topological polar surface area (TPSA) is 25.2 Å². The first-order valence-corrected chi connectivity index (χ1v) is 6.13. The molecule has 2 nitrogen and oxygen atoms in total. The van der Waals surface area contributed by atoms with Gasteiger partial charge >= 0.3 is 0 Å². The van der Waals surface area contributed by atoms with Crippen LogP contribution in [0.3, 0.4) is 0 Å². The molecule has 0 unspecified atom stereocenters. The van der Waals surface area contributed by atoms with E-state index >= 15 is 0 Å². The Morgan fingerprint density at radius 1 is 1.31 bits per heavy atom. The molecule has 16 heavy (non-hydrogen) atoms. The van der Waals surface area contributed by atoms with Crippen LogP contribution in [0.1, 0.15) is 19.5 Å². The highest BCUT2D eigenvalue weighted by Gasteiger charge is 2.20. The van der Waals surface area contributed by atoms with Crippen molar-refractivity contribution in [3.63, 3.8) is 0 Å². The Hall–Kier alpha value is -0.800. The molecular weight excluding hydrogens is 266 g/mol. The molecule has 0 aliphatic carbocycles. The number of rotatable bonds is 2. The molecule has 0 amide bonds. The molecule has 3 heteroatoms. The van der Waals surface area contributed by atoms with E-state index in [0.29, 0.717) is 6.42 Å². The van der Waals surface area contributed by atoms with Gasteiger partial charge in [-0.15, -0.1) is 0 Å². The van der Waals surface area contributed by atoms with Gasteiger partial charge in [-0.25, -0.2) is 0 Å². The van der Waals surface area contributed by atoms with Gasteiger partial charge in [0.25, 0.3) is 0 Å². The molecule has 0 fully saturated rings. The molecule has 0 saturated heterocycles. The van der Waals surface area contributed by atoms with Crippen LogP contribution in [0.2, 0.25) is 0 Å². The monoisotopic (exact) mass is 281 g/mol. The maximum Gasteiger partial charge on any atom is 0.0646 e. The molecule has 0 aliphatic heterocycles. The smallest absolute Gasteiger partial charge is 0.0646 e. The first-order chi connectivity index (χ1) is 7.40. The van der Waals surface area contributed by atoms with Gasteiger partial charge in [-0.1, -0.05) is 18.2 Å². The summed E-state index contributed by atoms with van der Waals surface area (Å²) in [5.74, 6) is 0. The summed E-state index contributed by atoms with van der Waals surface area (Å²) in [7, 11) is 2.04. The van der Waals surface area contributed by atoms with Crippen LogP contribution >= 0.6 is 15.9 Å². The molecule has 1 aromatic carbocycles. The van der Waals surface area contributed by atoms with E-state index < -0.39 is 5.60 Å². The number of aliphatic hydroxyl groups is 1. The Kier molecular flexibility index (Phi) is 2.84. The molecule has 0 radical (unpaired) electrons. The second kappa shape index (κ2) is 3.90. The Bertz CT molecular complexity index is 483. The summed E-state index contributed by atoms with van der Waals surface area (Å²) in [5, 5.41) is 11.1. The quantitative estimate of drug-likeness (QED) is 0.898. The number of fused-ring (bicyclic) bond motifs is 1. The van der Waals surface area contributed by atoms with Crippen molar-refractivity contribution in [3.05, 3.63) is 34.4 Å². The van der Waals surface area contributed by atoms with Gasteiger partial charge in [-0.05, 0) is 35.8 Å². The van der Waals surface area contributed by atoms with Crippen molar-refractivity contribution in [2.75, 3.05) is 0 Å². The lowest BCUT2D eigenvalue weighted by molar-refractivity contribution is 0.0791. The first kappa shape index (κ1) is 11.7. The number of nitrogens with zero attached hydrogens (tertiary/aromatic N) is 1. The summed E-state index contributed by atoms with van der Waals surface area (Å²) in [6.07, 6.45) is 0.638. The predicted octanol–water partition coefficient (Wildman–Crippen LogP) is 3.25. The summed E-state index contributed by atoms with van der Waals surface area (Å²) in [4.78, 5) is 0. The molecule has 1 N–H and O–H groups in total. The number of aromatic nitrogens is 1. The lowest BCUT2D eigenvalue weighted by Gasteiger charge is -2.18. The zero-order chi connectivity index (χ0) is 11.9. The Morgan fingerprint density at radius 2 is 1.94 bits per heavy atom. The van der Waals surface area contributed by atoms with Crippen molar-refractivity contribution in [2.24, 2.45) is 7.05 Å². The average Bonchev–Trinajstić information content (AvgIpc) is 2.43. The fraction of sp³-hybridized carbons (Fsp3) is 0.385. The highest BCUT2D eigenvalue weighted by atomic mass is 79.9. The molecule has 2 aromatic rings. The van der Waals surface area contributed by atoms with Crippen LogP contribution in [0.4, 0.5) is 0 Å². The van der Waals surface area contributed by atoms with E-state index in [1.165, 1.54) is 10.9 Å². The van der Waals surface area contributed by atoms with Crippen LogP contribution in [0.25, 0.3) is 10.9 Å². The normalized spacial score (nSPS) is 12.3. The third-order valence-electron chi connectivity index (χ3n) is 2.76. The van der Waals surface area contributed by atoms with Crippen molar-refractivity contribution in [2.45, 2.75) is 25.9 Å². The van der Waals surface area contributed by atoms with E-state index in [0.717, 1.165) is 10.2 Å². The molecule has 86 valence electrons. The molecule has 0 bridgehead atoms. The molecular formula is C13H16BrNO. The third kappa shape index (κ3) is 2.02. The fourth-order valence-corrected chi connectivity index (χ4v) is 2.75. The van der Waals surface area contributed by atoms with Gasteiger partial charge in [0.15, 0.2) is 0 Å². The van der Waals surface area contributed by atoms with Crippen LogP contribution in [0, 0.1) is 0 Å². The van der Waals surface area contributed by atoms with E-state index in [4.69, 9.17) is 0 Å². The van der Waals surface area contributed by atoms with Gasteiger partial charge in [-0.2, -0.15) is 0 Å². The standard InChI is InChI=1S/C13H16BrNO/c1-13(2,16)8-11-12(14)9-6-4-5-7-10(9)15(11)3/h4-7,16H,8H2,1-3H3. The summed E-state index contributed by atoms with van der Waals surface area (Å²) in [6, 6.07) is 8.24. The second-order valence-corrected chi connectivity index (χ2v) is 5.62. The van der Waals surface area contributed by atoms with Gasteiger partial charge in [0.05, 0.1) is 5.60 Å². The predicted molar refractivity (Wildman–Crippen MR) is 70.6 cm³/mol. The molecule has 0 saturated carbocycles. The van der Waals surface area contributed by atoms with Crippen molar-refractivity contribution in [1.82, 2.24) is 4.57 Å². The number of para-hydroxylation sites is 1. The number of halogens is 1. The fourth-order valence-electron chi connectivity index (χ4n) is 2.01. The van der Waals surface area contributed by atoms with E-state index in [2.05, 4.69) is 32.6 Å². The Balaban J connectivity index is 2.62. The second-order valence-electron chi connectivity index (χ2n) is 4.83. The number of benzene rings is 1. The molecule has 1 aromatic heterocycles. The molecule has 0 aliphatic rings. The average molecular weight is 282 g/mol. The minimum Gasteiger partial charge on any atom is -0.390 e. The number of hydrogen-bond acceptors (Lipinski definition) is 1. The Morgan fingerprint density at radius 3 is 2.50 bits per heavy atom. The van der Waals surface area contributed by atoms with Gasteiger partial charge in [-0.3, -0.25) is 0 Å². The molecule has 1 heterocycles. The van der Waals surface area contributed by atoms with E-state index in [-0.39, 0.29) is 0 Å². The third-order valence-corrected chi connectivity index (χ3v) is 3.65. The minimum absolute atomic E-state index is 0.638. The van der Waals surface area contributed by atoms with Crippen molar-refractivity contribution in [3.8, 4) is 0 Å². The van der Waals surface area contributed by atoms with E-state index in [1.54, 1.807) is 0 Å². The van der Waals surface area contributed by atoms with Crippen molar-refractivity contribution >= 4 is 26.8 Å². The first-order valence-electron chi connectivity index (χ1n) is 5.34. The Labute approximate surface area is 104 Å². The largest absolute Gasteiger partial charge is 0.390 e. The van der Waals surface area contributed by atoms with Crippen LogP contribution in [0.5, 0.6) is 0 Å². The highest BCUT2D eigenvalue weighted by Crippen LogP contribution is 2.32. The zero-order valence-electron chi connectivity index (χ0n) is 9.79. The van der Waals surface area contributed by atoms with Crippen molar-refractivity contribution in [1.29, 1.82) is 0 Å². The van der Waals surface area contributed by atoms with Crippen molar-refractivity contribution < 1.29 is 5.11 Å². The van der Waals surface area contributed by atoms with E-state index in [9.17, 15) is 5.11 Å².